The molecule has 19 heavy (non-hydrogen) atoms. The molecule has 0 bridgehead atoms. The minimum Gasteiger partial charge on any atom is -0.374 e. The molecular formula is C15H28N2OS. The Hall–Kier alpha value is 0.230. The van der Waals surface area contributed by atoms with Crippen LogP contribution < -0.4 is 5.32 Å². The monoisotopic (exact) mass is 284 g/mol. The summed E-state index contributed by atoms with van der Waals surface area (Å²) in [5.74, 6) is 3.28. The smallest absolute Gasteiger partial charge is 0.0795 e. The number of ether oxygens (including phenoxy) is 1. The molecule has 3 aliphatic heterocycles. The molecule has 3 fully saturated rings. The van der Waals surface area contributed by atoms with Gasteiger partial charge in [-0.3, -0.25) is 0 Å². The lowest BCUT2D eigenvalue weighted by Crippen LogP contribution is -2.54. The molecule has 0 saturated carbocycles. The SMILES string of the molecule is CC1CN(C)CCC1NC1CCOC2(CCSC2)C1. The van der Waals surface area contributed by atoms with Crippen LogP contribution in [-0.2, 0) is 4.74 Å². The van der Waals surface area contributed by atoms with E-state index in [1.54, 1.807) is 0 Å². The Kier molecular flexibility index (Phi) is 4.42. The first-order chi connectivity index (χ1) is 9.17. The number of nitrogens with zero attached hydrogens (tertiary/aromatic N) is 1. The molecule has 0 radical (unpaired) electrons. The predicted octanol–water partition coefficient (Wildman–Crippen LogP) is 1.97. The second kappa shape index (κ2) is 5.92. The maximum Gasteiger partial charge on any atom is 0.0795 e. The summed E-state index contributed by atoms with van der Waals surface area (Å²) in [5.41, 5.74) is 0.218. The highest BCUT2D eigenvalue weighted by Gasteiger charge is 2.41. The van der Waals surface area contributed by atoms with Crippen LogP contribution in [-0.4, -0.2) is 60.8 Å². The predicted molar refractivity (Wildman–Crippen MR) is 81.8 cm³/mol. The van der Waals surface area contributed by atoms with E-state index in [0.29, 0.717) is 12.1 Å². The Morgan fingerprint density at radius 1 is 1.37 bits per heavy atom. The van der Waals surface area contributed by atoms with E-state index in [2.05, 4.69) is 35.9 Å². The van der Waals surface area contributed by atoms with Crippen molar-refractivity contribution in [3.63, 3.8) is 0 Å². The van der Waals surface area contributed by atoms with Gasteiger partial charge in [0.2, 0.25) is 0 Å². The highest BCUT2D eigenvalue weighted by molar-refractivity contribution is 7.99. The third-order valence-corrected chi connectivity index (χ3v) is 6.34. The molecule has 0 aromatic rings. The quantitative estimate of drug-likeness (QED) is 0.838. The van der Waals surface area contributed by atoms with Crippen LogP contribution in [0.15, 0.2) is 0 Å². The van der Waals surface area contributed by atoms with E-state index in [1.807, 2.05) is 0 Å². The summed E-state index contributed by atoms with van der Waals surface area (Å²) in [5, 5.41) is 3.96. The highest BCUT2D eigenvalue weighted by Crippen LogP contribution is 2.38. The van der Waals surface area contributed by atoms with Gasteiger partial charge >= 0.3 is 0 Å². The van der Waals surface area contributed by atoms with Crippen molar-refractivity contribution < 1.29 is 4.74 Å². The fourth-order valence-electron chi connectivity index (χ4n) is 3.94. The van der Waals surface area contributed by atoms with E-state index in [-0.39, 0.29) is 5.60 Å². The van der Waals surface area contributed by atoms with E-state index in [4.69, 9.17) is 4.74 Å². The molecule has 0 aromatic carbocycles. The van der Waals surface area contributed by atoms with Gasteiger partial charge < -0.3 is 15.0 Å². The van der Waals surface area contributed by atoms with Crippen LogP contribution in [0.5, 0.6) is 0 Å². The Bertz CT molecular complexity index is 307. The van der Waals surface area contributed by atoms with Gasteiger partial charge in [-0.2, -0.15) is 11.8 Å². The molecule has 4 unspecified atom stereocenters. The maximum absolute atomic E-state index is 6.12. The van der Waals surface area contributed by atoms with Crippen molar-refractivity contribution in [3.05, 3.63) is 0 Å². The molecule has 0 aliphatic carbocycles. The molecule has 3 nitrogen and oxygen atoms in total. The van der Waals surface area contributed by atoms with Crippen molar-refractivity contribution in [1.29, 1.82) is 0 Å². The number of hydrogen-bond donors (Lipinski definition) is 1. The van der Waals surface area contributed by atoms with Crippen LogP contribution in [0.1, 0.15) is 32.6 Å². The van der Waals surface area contributed by atoms with E-state index < -0.39 is 0 Å². The molecule has 0 aromatic heterocycles. The lowest BCUT2D eigenvalue weighted by molar-refractivity contribution is -0.0728. The highest BCUT2D eigenvalue weighted by atomic mass is 32.2. The van der Waals surface area contributed by atoms with Crippen molar-refractivity contribution in [3.8, 4) is 0 Å². The van der Waals surface area contributed by atoms with Crippen molar-refractivity contribution >= 4 is 11.8 Å². The number of thioether (sulfide) groups is 1. The Labute approximate surface area is 121 Å². The molecular weight excluding hydrogens is 256 g/mol. The van der Waals surface area contributed by atoms with Crippen molar-refractivity contribution in [2.45, 2.75) is 50.3 Å². The molecule has 3 rings (SSSR count). The lowest BCUT2D eigenvalue weighted by atomic mass is 9.87. The largest absolute Gasteiger partial charge is 0.374 e. The van der Waals surface area contributed by atoms with Crippen molar-refractivity contribution in [2.75, 3.05) is 38.2 Å². The molecule has 3 aliphatic rings. The zero-order valence-corrected chi connectivity index (χ0v) is 13.2. The average molecular weight is 284 g/mol. The van der Waals surface area contributed by atoms with Crippen molar-refractivity contribution in [1.82, 2.24) is 10.2 Å². The van der Waals surface area contributed by atoms with Crippen LogP contribution in [0.3, 0.4) is 0 Å². The standard InChI is InChI=1S/C15H28N2OS/c1-12-10-17(2)6-3-14(12)16-13-4-7-18-15(9-13)5-8-19-11-15/h12-14,16H,3-11H2,1-2H3. The zero-order chi connectivity index (χ0) is 13.3. The normalized spacial score (nSPS) is 44.8. The van der Waals surface area contributed by atoms with Crippen LogP contribution in [0.25, 0.3) is 0 Å². The van der Waals surface area contributed by atoms with Gasteiger partial charge in [0, 0.05) is 31.0 Å². The summed E-state index contributed by atoms with van der Waals surface area (Å²) in [6.07, 6.45) is 5.00. The zero-order valence-electron chi connectivity index (χ0n) is 12.4. The van der Waals surface area contributed by atoms with Gasteiger partial charge in [-0.1, -0.05) is 6.92 Å². The van der Waals surface area contributed by atoms with Gasteiger partial charge in [-0.05, 0) is 50.9 Å². The van der Waals surface area contributed by atoms with Gasteiger partial charge in [-0.15, -0.1) is 0 Å². The third-order valence-electron chi connectivity index (χ3n) is 5.12. The summed E-state index contributed by atoms with van der Waals surface area (Å²) in [6.45, 7) is 5.83. The first-order valence-corrected chi connectivity index (χ1v) is 8.99. The summed E-state index contributed by atoms with van der Waals surface area (Å²) in [6, 6.07) is 1.40. The fraction of sp³-hybridized carbons (Fsp3) is 1.00. The van der Waals surface area contributed by atoms with E-state index in [9.17, 15) is 0 Å². The second-order valence-electron chi connectivity index (χ2n) is 6.83. The van der Waals surface area contributed by atoms with Crippen LogP contribution in [0, 0.1) is 5.92 Å². The molecule has 0 amide bonds. The second-order valence-corrected chi connectivity index (χ2v) is 7.93. The molecule has 4 atom stereocenters. The first-order valence-electron chi connectivity index (χ1n) is 7.83. The Morgan fingerprint density at radius 3 is 3.00 bits per heavy atom. The van der Waals surface area contributed by atoms with Gasteiger partial charge in [-0.25, -0.2) is 0 Å². The van der Waals surface area contributed by atoms with Crippen molar-refractivity contribution in [2.24, 2.45) is 5.92 Å². The summed E-state index contributed by atoms with van der Waals surface area (Å²) in [4.78, 5) is 2.46. The average Bonchev–Trinajstić information content (AvgIpc) is 2.81. The molecule has 1 N–H and O–H groups in total. The summed E-state index contributed by atoms with van der Waals surface area (Å²) >= 11 is 2.07. The third kappa shape index (κ3) is 3.29. The molecule has 1 spiro atoms. The first kappa shape index (κ1) is 14.2. The topological polar surface area (TPSA) is 24.5 Å². The molecule has 3 saturated heterocycles. The Balaban J connectivity index is 1.54. The maximum atomic E-state index is 6.12. The molecule has 4 heteroatoms. The Morgan fingerprint density at radius 2 is 2.26 bits per heavy atom. The van der Waals surface area contributed by atoms with Crippen LogP contribution in [0.4, 0.5) is 0 Å². The number of piperidine rings is 1. The van der Waals surface area contributed by atoms with Crippen LogP contribution in [0.2, 0.25) is 0 Å². The minimum absolute atomic E-state index is 0.218. The summed E-state index contributed by atoms with van der Waals surface area (Å²) < 4.78 is 6.12. The van der Waals surface area contributed by atoms with E-state index in [0.717, 1.165) is 12.5 Å². The molecule has 110 valence electrons. The van der Waals surface area contributed by atoms with Gasteiger partial charge in [0.25, 0.3) is 0 Å². The summed E-state index contributed by atoms with van der Waals surface area (Å²) in [7, 11) is 2.24. The number of rotatable bonds is 2. The van der Waals surface area contributed by atoms with Crippen LogP contribution >= 0.6 is 11.8 Å². The fourth-order valence-corrected chi connectivity index (χ4v) is 5.32. The number of nitrogens with one attached hydrogen (secondary N) is 1. The van der Waals surface area contributed by atoms with E-state index >= 15 is 0 Å². The van der Waals surface area contributed by atoms with E-state index in [1.165, 1.54) is 50.3 Å². The van der Waals surface area contributed by atoms with Gasteiger partial charge in [0.15, 0.2) is 0 Å². The minimum atomic E-state index is 0.218. The number of likely N-dealkylation sites (tertiary alicyclic amines) is 1. The van der Waals surface area contributed by atoms with Gasteiger partial charge in [0.1, 0.15) is 0 Å². The number of hydrogen-bond acceptors (Lipinski definition) is 4. The molecule has 3 heterocycles. The lowest BCUT2D eigenvalue weighted by Gasteiger charge is -2.42. The van der Waals surface area contributed by atoms with Gasteiger partial charge in [0.05, 0.1) is 5.60 Å².